The third-order valence-corrected chi connectivity index (χ3v) is 8.03. The van der Waals surface area contributed by atoms with Gasteiger partial charge in [-0.1, -0.05) is 81.0 Å². The number of aromatic nitrogens is 2. The van der Waals surface area contributed by atoms with Crippen molar-refractivity contribution in [2.24, 2.45) is 5.92 Å². The zero-order valence-corrected chi connectivity index (χ0v) is 25.5. The lowest BCUT2D eigenvalue weighted by Crippen LogP contribution is -2.53. The summed E-state index contributed by atoms with van der Waals surface area (Å²) in [6, 6.07) is 16.2. The predicted molar refractivity (Wildman–Crippen MR) is 168 cm³/mol. The predicted octanol–water partition coefficient (Wildman–Crippen LogP) is 6.75. The highest BCUT2D eigenvalue weighted by Crippen LogP contribution is 2.30. The maximum absolute atomic E-state index is 13.7. The summed E-state index contributed by atoms with van der Waals surface area (Å²) in [6.45, 7) is 10.8. The van der Waals surface area contributed by atoms with E-state index >= 15 is 0 Å². The van der Waals surface area contributed by atoms with Crippen molar-refractivity contribution < 1.29 is 14.3 Å². The number of benzene rings is 2. The zero-order chi connectivity index (χ0) is 30.2. The summed E-state index contributed by atoms with van der Waals surface area (Å²) in [5.41, 5.74) is 8.68. The van der Waals surface area contributed by atoms with E-state index in [0.717, 1.165) is 58.6 Å². The molecule has 8 heteroatoms. The highest BCUT2D eigenvalue weighted by atomic mass is 16.5. The van der Waals surface area contributed by atoms with Crippen LogP contribution < -0.4 is 10.6 Å². The number of carbonyl (C=O) groups is 2. The maximum atomic E-state index is 13.7. The van der Waals surface area contributed by atoms with Gasteiger partial charge in [-0.15, -0.1) is 0 Å². The number of aromatic amines is 1. The van der Waals surface area contributed by atoms with E-state index in [1.54, 1.807) is 6.33 Å². The SMILES string of the molecule is C/C=C(\N/C(=C(\C)CC)C1CCCN1C(=O)C(NC(=O)OC)C(C)C)c1ccc(-c2ccc(-c3cnc[nH]3)cc2)cc1. The van der Waals surface area contributed by atoms with Crippen molar-refractivity contribution in [3.8, 4) is 22.4 Å². The van der Waals surface area contributed by atoms with Gasteiger partial charge in [-0.05, 0) is 61.3 Å². The number of alkyl carbamates (subject to hydrolysis) is 1. The molecule has 2 aromatic carbocycles. The van der Waals surface area contributed by atoms with Gasteiger partial charge in [0.15, 0.2) is 0 Å². The van der Waals surface area contributed by atoms with Crippen molar-refractivity contribution >= 4 is 17.7 Å². The minimum Gasteiger partial charge on any atom is -0.453 e. The van der Waals surface area contributed by atoms with Crippen LogP contribution in [-0.2, 0) is 9.53 Å². The first-order chi connectivity index (χ1) is 20.3. The molecule has 3 aromatic rings. The quantitative estimate of drug-likeness (QED) is 0.251. The number of allylic oxidation sites excluding steroid dienone is 2. The van der Waals surface area contributed by atoms with Crippen LogP contribution in [0, 0.1) is 5.92 Å². The second-order valence-electron chi connectivity index (χ2n) is 11.0. The van der Waals surface area contributed by atoms with Crippen molar-refractivity contribution in [1.82, 2.24) is 25.5 Å². The third kappa shape index (κ3) is 6.93. The molecule has 1 aliphatic rings. The third-order valence-electron chi connectivity index (χ3n) is 8.03. The molecular weight excluding hydrogens is 526 g/mol. The molecule has 0 saturated carbocycles. The molecule has 0 aliphatic carbocycles. The first-order valence-electron chi connectivity index (χ1n) is 14.7. The molecule has 42 heavy (non-hydrogen) atoms. The Morgan fingerprint density at radius 2 is 1.74 bits per heavy atom. The van der Waals surface area contributed by atoms with Crippen LogP contribution in [0.1, 0.15) is 59.4 Å². The van der Waals surface area contributed by atoms with Crippen LogP contribution in [0.4, 0.5) is 4.79 Å². The largest absolute Gasteiger partial charge is 0.453 e. The van der Waals surface area contributed by atoms with Gasteiger partial charge in [0.25, 0.3) is 0 Å². The lowest BCUT2D eigenvalue weighted by atomic mass is 9.99. The molecular formula is C34H43N5O3. The number of rotatable bonds is 10. The molecule has 2 heterocycles. The number of ether oxygens (including phenoxy) is 1. The van der Waals surface area contributed by atoms with Gasteiger partial charge in [0.2, 0.25) is 5.91 Å². The second-order valence-corrected chi connectivity index (χ2v) is 11.0. The first-order valence-corrected chi connectivity index (χ1v) is 14.7. The molecule has 2 unspecified atom stereocenters. The molecule has 3 N–H and O–H groups in total. The monoisotopic (exact) mass is 569 g/mol. The van der Waals surface area contributed by atoms with Crippen LogP contribution in [-0.4, -0.2) is 52.6 Å². The van der Waals surface area contributed by atoms with Crippen molar-refractivity contribution in [3.63, 3.8) is 0 Å². The summed E-state index contributed by atoms with van der Waals surface area (Å²) < 4.78 is 4.79. The highest BCUT2D eigenvalue weighted by molar-refractivity contribution is 5.86. The Hall–Kier alpha value is -4.33. The van der Waals surface area contributed by atoms with Crippen LogP contribution in [0.15, 0.2) is 78.4 Å². The number of likely N-dealkylation sites (tertiary alicyclic amines) is 1. The Morgan fingerprint density at radius 3 is 2.29 bits per heavy atom. The van der Waals surface area contributed by atoms with Gasteiger partial charge in [-0.3, -0.25) is 4.79 Å². The summed E-state index contributed by atoms with van der Waals surface area (Å²) in [7, 11) is 1.31. The zero-order valence-electron chi connectivity index (χ0n) is 25.5. The van der Waals surface area contributed by atoms with E-state index in [9.17, 15) is 9.59 Å². The van der Waals surface area contributed by atoms with Gasteiger partial charge in [0.05, 0.1) is 31.4 Å². The number of carbonyl (C=O) groups excluding carboxylic acids is 2. The summed E-state index contributed by atoms with van der Waals surface area (Å²) in [4.78, 5) is 34.9. The minimum atomic E-state index is -0.650. The molecule has 8 nitrogen and oxygen atoms in total. The average Bonchev–Trinajstić information content (AvgIpc) is 3.73. The summed E-state index contributed by atoms with van der Waals surface area (Å²) >= 11 is 0. The number of amides is 2. The Morgan fingerprint density at radius 1 is 1.10 bits per heavy atom. The molecule has 1 aromatic heterocycles. The topological polar surface area (TPSA) is 99.3 Å². The number of H-pyrrole nitrogens is 1. The molecule has 2 amide bonds. The van der Waals surface area contributed by atoms with E-state index in [0.29, 0.717) is 6.54 Å². The van der Waals surface area contributed by atoms with Crippen molar-refractivity contribution in [1.29, 1.82) is 0 Å². The van der Waals surface area contributed by atoms with E-state index in [1.807, 2.05) is 31.9 Å². The van der Waals surface area contributed by atoms with Gasteiger partial charge >= 0.3 is 6.09 Å². The second kappa shape index (κ2) is 14.0. The standard InChI is InChI=1S/C34H43N5O3/c1-7-23(5)32(30-10-9-19-39(30)33(40)31(22(3)4)38-34(41)42-6)37-28(8-2)26-15-11-24(12-16-26)25-13-17-27(18-14-25)29-20-35-21-36-29/h8,11-18,20-22,30-31,37H,7,9-10,19H2,1-6H3,(H,35,36)(H,38,41)/b28-8-,32-23+. The number of hydrogen-bond donors (Lipinski definition) is 3. The molecule has 2 atom stereocenters. The summed E-state index contributed by atoms with van der Waals surface area (Å²) in [5, 5.41) is 6.47. The first kappa shape index (κ1) is 30.6. The molecule has 1 saturated heterocycles. The molecule has 4 rings (SSSR count). The highest BCUT2D eigenvalue weighted by Gasteiger charge is 2.37. The molecule has 0 radical (unpaired) electrons. The molecule has 1 fully saturated rings. The summed E-state index contributed by atoms with van der Waals surface area (Å²) in [6.07, 6.45) is 7.61. The van der Waals surface area contributed by atoms with Gasteiger partial charge in [-0.25, -0.2) is 9.78 Å². The fraction of sp³-hybridized carbons (Fsp3) is 0.382. The number of hydrogen-bond acceptors (Lipinski definition) is 5. The van der Waals surface area contributed by atoms with Crippen LogP contribution in [0.2, 0.25) is 0 Å². The average molecular weight is 570 g/mol. The van der Waals surface area contributed by atoms with E-state index in [-0.39, 0.29) is 17.9 Å². The van der Waals surface area contributed by atoms with E-state index in [1.165, 1.54) is 12.7 Å². The van der Waals surface area contributed by atoms with Gasteiger partial charge in [0, 0.05) is 17.9 Å². The molecule has 0 spiro atoms. The normalized spacial score (nSPS) is 16.7. The Kier molecular flexibility index (Phi) is 10.2. The van der Waals surface area contributed by atoms with Gasteiger partial charge in [-0.2, -0.15) is 0 Å². The maximum Gasteiger partial charge on any atom is 0.407 e. The van der Waals surface area contributed by atoms with E-state index in [2.05, 4.69) is 89.1 Å². The number of nitrogens with one attached hydrogen (secondary N) is 3. The number of methoxy groups -OCH3 is 1. The molecule has 0 bridgehead atoms. The van der Waals surface area contributed by atoms with Gasteiger partial charge in [0.1, 0.15) is 6.04 Å². The lowest BCUT2D eigenvalue weighted by molar-refractivity contribution is -0.134. The summed E-state index contributed by atoms with van der Waals surface area (Å²) in [5.74, 6) is -0.150. The van der Waals surface area contributed by atoms with E-state index < -0.39 is 12.1 Å². The fourth-order valence-electron chi connectivity index (χ4n) is 5.43. The van der Waals surface area contributed by atoms with Crippen LogP contribution in [0.3, 0.4) is 0 Å². The van der Waals surface area contributed by atoms with Crippen molar-refractivity contribution in [2.45, 2.75) is 66.0 Å². The number of imidazole rings is 1. The van der Waals surface area contributed by atoms with Crippen molar-refractivity contribution in [3.05, 3.63) is 84.0 Å². The molecule has 1 aliphatic heterocycles. The van der Waals surface area contributed by atoms with Gasteiger partial charge < -0.3 is 25.3 Å². The Labute approximate surface area is 249 Å². The van der Waals surface area contributed by atoms with E-state index in [4.69, 9.17) is 4.74 Å². The lowest BCUT2D eigenvalue weighted by Gasteiger charge is -2.33. The van der Waals surface area contributed by atoms with Crippen LogP contribution in [0.5, 0.6) is 0 Å². The molecule has 222 valence electrons. The Bertz CT molecular complexity index is 1410. The van der Waals surface area contributed by atoms with Crippen molar-refractivity contribution in [2.75, 3.05) is 13.7 Å². The van der Waals surface area contributed by atoms with Crippen LogP contribution >= 0.6 is 0 Å². The number of nitrogens with zero attached hydrogens (tertiary/aromatic N) is 2. The minimum absolute atomic E-state index is 0.0724. The van der Waals surface area contributed by atoms with Crippen LogP contribution in [0.25, 0.3) is 28.1 Å². The fourth-order valence-corrected chi connectivity index (χ4v) is 5.43. The smallest absolute Gasteiger partial charge is 0.407 e. The Balaban J connectivity index is 1.54.